The molecule has 1 aromatic heterocycles. The Balaban J connectivity index is 1.38. The van der Waals surface area contributed by atoms with Crippen molar-refractivity contribution in [2.45, 2.75) is 38.6 Å². The molecule has 5 rings (SSSR count). The maximum absolute atomic E-state index is 13.9. The van der Waals surface area contributed by atoms with Crippen LogP contribution in [0.3, 0.4) is 0 Å². The third kappa shape index (κ3) is 5.10. The summed E-state index contributed by atoms with van der Waals surface area (Å²) >= 11 is 0. The van der Waals surface area contributed by atoms with E-state index in [4.69, 9.17) is 10.1 Å². The summed E-state index contributed by atoms with van der Waals surface area (Å²) in [5, 5.41) is 13.5. The summed E-state index contributed by atoms with van der Waals surface area (Å²) in [7, 11) is 0. The predicted molar refractivity (Wildman–Crippen MR) is 138 cm³/mol. The van der Waals surface area contributed by atoms with Gasteiger partial charge in [0, 0.05) is 42.4 Å². The molecule has 2 fully saturated rings. The second-order valence-corrected chi connectivity index (χ2v) is 9.56. The fraction of sp³-hybridized carbons (Fsp3) is 0.357. The number of carbonyl (C=O) groups excluding carboxylic acids is 1. The summed E-state index contributed by atoms with van der Waals surface area (Å²) in [6.07, 6.45) is 8.67. The molecular formula is C28H32N5O2+. The number of nitrogens with two attached hydrogens (primary N) is 1. The van der Waals surface area contributed by atoms with Crippen molar-refractivity contribution in [2.75, 3.05) is 13.2 Å². The molecule has 3 aromatic rings. The molecule has 2 aromatic carbocycles. The molecule has 1 saturated carbocycles. The highest BCUT2D eigenvalue weighted by atomic mass is 16.5. The average Bonchev–Trinajstić information content (AvgIpc) is 3.73. The highest BCUT2D eigenvalue weighted by Crippen LogP contribution is 2.43. The monoisotopic (exact) mass is 470 g/mol. The van der Waals surface area contributed by atoms with Crippen molar-refractivity contribution < 1.29 is 15.0 Å². The fourth-order valence-corrected chi connectivity index (χ4v) is 5.28. The number of amides is 1. The van der Waals surface area contributed by atoms with Crippen LogP contribution < -0.4 is 10.2 Å². The Bertz CT molecular complexity index is 1250. The van der Waals surface area contributed by atoms with E-state index in [1.807, 2.05) is 49.4 Å². The van der Waals surface area contributed by atoms with Gasteiger partial charge in [0.05, 0.1) is 6.61 Å². The molecule has 1 saturated heterocycles. The molecule has 2 atom stereocenters. The summed E-state index contributed by atoms with van der Waals surface area (Å²) in [6, 6.07) is 16.2. The highest BCUT2D eigenvalue weighted by molar-refractivity contribution is 6.14. The standard InChI is InChI=1S/C28H31N5O2/c1-19-8-11-25(32-31-15-13-29)24(17-19)28(34)33-16-4-6-22(26(33)21-9-10-21)18-35-27-23-7-3-2-5-20(23)12-14-30-27/h2-3,5,7-8,11-15,17,21-22,26,29,32H,4,6,9-10,16,18H2,1H3/p+1/b29-13?,31-15-/t22-,26-/m0/s1. The van der Waals surface area contributed by atoms with E-state index >= 15 is 0 Å². The Hall–Kier alpha value is -3.58. The van der Waals surface area contributed by atoms with E-state index in [0.717, 1.165) is 60.5 Å². The number of nitrogens with zero attached hydrogens (tertiary/aromatic N) is 3. The number of quaternary nitrogens is 1. The van der Waals surface area contributed by atoms with Crippen LogP contribution >= 0.6 is 0 Å². The number of hydrogen-bond acceptors (Lipinski definition) is 5. The Morgan fingerprint density at radius 1 is 1.23 bits per heavy atom. The van der Waals surface area contributed by atoms with E-state index in [2.05, 4.69) is 21.1 Å². The Kier molecular flexibility index (Phi) is 6.86. The number of likely N-dealkylation sites (tertiary alicyclic amines) is 1. The highest BCUT2D eigenvalue weighted by Gasteiger charge is 2.45. The first-order valence-corrected chi connectivity index (χ1v) is 12.4. The van der Waals surface area contributed by atoms with Gasteiger partial charge in [-0.15, -0.1) is 0 Å². The van der Waals surface area contributed by atoms with Crippen molar-refractivity contribution in [3.63, 3.8) is 0 Å². The van der Waals surface area contributed by atoms with Gasteiger partial charge in [0.15, 0.2) is 5.69 Å². The quantitative estimate of drug-likeness (QED) is 0.225. The number of piperidine rings is 1. The largest absolute Gasteiger partial charge is 0.477 e. The Labute approximate surface area is 205 Å². The van der Waals surface area contributed by atoms with Crippen molar-refractivity contribution in [3.8, 4) is 5.88 Å². The lowest BCUT2D eigenvalue weighted by Crippen LogP contribution is -2.72. The predicted octanol–water partition coefficient (Wildman–Crippen LogP) is 4.08. The number of benzene rings is 2. The minimum atomic E-state index is 0.0647. The molecule has 1 aliphatic heterocycles. The van der Waals surface area contributed by atoms with Crippen LogP contribution in [-0.2, 0) is 0 Å². The van der Waals surface area contributed by atoms with Gasteiger partial charge in [0.1, 0.15) is 11.8 Å². The van der Waals surface area contributed by atoms with Crippen molar-refractivity contribution in [1.29, 1.82) is 5.41 Å². The van der Waals surface area contributed by atoms with Gasteiger partial charge in [-0.1, -0.05) is 29.4 Å². The van der Waals surface area contributed by atoms with E-state index in [-0.39, 0.29) is 17.9 Å². The maximum atomic E-state index is 13.9. The Morgan fingerprint density at radius 2 is 2.09 bits per heavy atom. The number of rotatable bonds is 8. The molecular weight excluding hydrogens is 438 g/mol. The van der Waals surface area contributed by atoms with Crippen molar-refractivity contribution in [2.24, 2.45) is 16.9 Å². The fourth-order valence-electron chi connectivity index (χ4n) is 5.28. The molecule has 1 amide bonds. The summed E-state index contributed by atoms with van der Waals surface area (Å²) < 4.78 is 6.31. The number of ether oxygens (including phenoxy) is 1. The van der Waals surface area contributed by atoms with Gasteiger partial charge in [0.25, 0.3) is 5.91 Å². The Morgan fingerprint density at radius 3 is 2.91 bits per heavy atom. The summed E-state index contributed by atoms with van der Waals surface area (Å²) in [5.41, 5.74) is 4.17. The zero-order valence-corrected chi connectivity index (χ0v) is 20.1. The number of nitrogens with one attached hydrogen (secondary N) is 1. The summed E-state index contributed by atoms with van der Waals surface area (Å²) in [4.78, 5) is 20.5. The molecule has 35 heavy (non-hydrogen) atoms. The van der Waals surface area contributed by atoms with Gasteiger partial charge in [-0.2, -0.15) is 5.43 Å². The van der Waals surface area contributed by atoms with Crippen molar-refractivity contribution in [1.82, 2.24) is 9.88 Å². The number of pyridine rings is 1. The van der Waals surface area contributed by atoms with Crippen LogP contribution in [0.25, 0.3) is 10.8 Å². The van der Waals surface area contributed by atoms with Gasteiger partial charge in [0.2, 0.25) is 5.88 Å². The summed E-state index contributed by atoms with van der Waals surface area (Å²) in [5.74, 6) is 1.53. The number of hydrogen-bond donors (Lipinski definition) is 2. The lowest BCUT2D eigenvalue weighted by Gasteiger charge is -2.41. The van der Waals surface area contributed by atoms with E-state index in [1.54, 1.807) is 11.6 Å². The molecule has 0 radical (unpaired) electrons. The number of aryl methyl sites for hydroxylation is 1. The minimum Gasteiger partial charge on any atom is -0.477 e. The number of fused-ring (bicyclic) bond motifs is 1. The van der Waals surface area contributed by atoms with Crippen molar-refractivity contribution in [3.05, 3.63) is 65.9 Å². The number of aromatic nitrogens is 1. The first-order valence-electron chi connectivity index (χ1n) is 12.4. The molecule has 7 heteroatoms. The number of carbonyl (C=O) groups is 1. The molecule has 180 valence electrons. The zero-order chi connectivity index (χ0) is 24.2. The van der Waals surface area contributed by atoms with E-state index < -0.39 is 0 Å². The van der Waals surface area contributed by atoms with E-state index in [9.17, 15) is 4.79 Å². The van der Waals surface area contributed by atoms with Crippen LogP contribution in [0.4, 0.5) is 5.69 Å². The smallest absolute Gasteiger partial charge is 0.260 e. The van der Waals surface area contributed by atoms with Gasteiger partial charge >= 0.3 is 0 Å². The van der Waals surface area contributed by atoms with E-state index in [1.165, 1.54) is 6.21 Å². The van der Waals surface area contributed by atoms with Crippen LogP contribution in [-0.4, -0.2) is 47.4 Å². The molecule has 2 heterocycles. The molecule has 0 spiro atoms. The molecule has 0 bridgehead atoms. The van der Waals surface area contributed by atoms with Crippen LogP contribution in [0.15, 0.2) is 59.8 Å². The molecule has 1 aliphatic carbocycles. The van der Waals surface area contributed by atoms with Crippen molar-refractivity contribution >= 4 is 34.8 Å². The first kappa shape index (κ1) is 23.2. The normalized spacial score (nSPS) is 20.3. The SMILES string of the molecule is Cc1ccc([NH2+]/N=C\C=N)c(C(=O)N2CCC[C@@H](COc3nccc4ccccc34)[C@@H]2C2CC2)c1. The molecule has 3 N–H and O–H groups in total. The second kappa shape index (κ2) is 10.4. The van der Waals surface area contributed by atoms with Gasteiger partial charge in [-0.3, -0.25) is 4.79 Å². The van der Waals surface area contributed by atoms with Crippen LogP contribution in [0.5, 0.6) is 5.88 Å². The molecule has 0 unspecified atom stereocenters. The van der Waals surface area contributed by atoms with Gasteiger partial charge < -0.3 is 15.0 Å². The topological polar surface area (TPSA) is 95.2 Å². The van der Waals surface area contributed by atoms with Crippen LogP contribution in [0.2, 0.25) is 0 Å². The maximum Gasteiger partial charge on any atom is 0.260 e. The lowest BCUT2D eigenvalue weighted by molar-refractivity contribution is -0.577. The van der Waals surface area contributed by atoms with Crippen LogP contribution in [0, 0.1) is 24.2 Å². The first-order chi connectivity index (χ1) is 17.2. The molecule has 2 aliphatic rings. The summed E-state index contributed by atoms with van der Waals surface area (Å²) in [6.45, 7) is 3.33. The van der Waals surface area contributed by atoms with E-state index in [0.29, 0.717) is 24.0 Å². The third-order valence-electron chi connectivity index (χ3n) is 7.07. The molecule has 7 nitrogen and oxygen atoms in total. The minimum absolute atomic E-state index is 0.0647. The zero-order valence-electron chi connectivity index (χ0n) is 20.1. The third-order valence-corrected chi connectivity index (χ3v) is 7.07. The lowest BCUT2D eigenvalue weighted by atomic mass is 9.86. The average molecular weight is 471 g/mol. The van der Waals surface area contributed by atoms with Crippen LogP contribution in [0.1, 0.15) is 41.6 Å². The van der Waals surface area contributed by atoms with Gasteiger partial charge in [-0.25, -0.2) is 4.98 Å². The van der Waals surface area contributed by atoms with Gasteiger partial charge in [-0.05, 0) is 67.7 Å². The second-order valence-electron chi connectivity index (χ2n) is 9.56.